The third kappa shape index (κ3) is 6.05. The molecule has 1 aromatic heterocycles. The Hall–Kier alpha value is -3.40. The van der Waals surface area contributed by atoms with Crippen LogP contribution in [0.2, 0.25) is 0 Å². The van der Waals surface area contributed by atoms with Gasteiger partial charge in [0.2, 0.25) is 11.0 Å². The van der Waals surface area contributed by atoms with Crippen molar-refractivity contribution in [2.75, 3.05) is 10.6 Å². The van der Waals surface area contributed by atoms with Crippen molar-refractivity contribution in [3.05, 3.63) is 60.2 Å². The summed E-state index contributed by atoms with van der Waals surface area (Å²) in [6, 6.07) is 9.74. The van der Waals surface area contributed by atoms with Gasteiger partial charge in [0.25, 0.3) is 0 Å². The molecule has 0 saturated heterocycles. The van der Waals surface area contributed by atoms with Crippen molar-refractivity contribution in [1.29, 1.82) is 0 Å². The first-order valence-electron chi connectivity index (χ1n) is 9.59. The minimum Gasteiger partial charge on any atom is -0.326 e. The Bertz CT molecular complexity index is 1060. The molecule has 2 aromatic carbocycles. The van der Waals surface area contributed by atoms with Gasteiger partial charge in [-0.1, -0.05) is 37.7 Å². The Morgan fingerprint density at radius 1 is 1.03 bits per heavy atom. The van der Waals surface area contributed by atoms with E-state index in [1.807, 2.05) is 13.8 Å². The molecule has 7 nitrogen and oxygen atoms in total. The van der Waals surface area contributed by atoms with E-state index in [4.69, 9.17) is 0 Å². The molecule has 3 rings (SSSR count). The van der Waals surface area contributed by atoms with Gasteiger partial charge in [0, 0.05) is 11.3 Å². The number of aromatic nitrogens is 2. The van der Waals surface area contributed by atoms with E-state index in [0.717, 1.165) is 11.3 Å². The van der Waals surface area contributed by atoms with Gasteiger partial charge in [0.05, 0.1) is 0 Å². The first kappa shape index (κ1) is 22.3. The van der Waals surface area contributed by atoms with Gasteiger partial charge >= 0.3 is 6.03 Å². The van der Waals surface area contributed by atoms with E-state index in [-0.39, 0.29) is 22.6 Å². The van der Waals surface area contributed by atoms with Crippen LogP contribution in [0.3, 0.4) is 0 Å². The van der Waals surface area contributed by atoms with Gasteiger partial charge in [-0.2, -0.15) is 0 Å². The average Bonchev–Trinajstić information content (AvgIpc) is 3.20. The number of halogens is 2. The Kier molecular flexibility index (Phi) is 7.24. The summed E-state index contributed by atoms with van der Waals surface area (Å²) in [4.78, 5) is 25.2. The van der Waals surface area contributed by atoms with Crippen LogP contribution in [-0.4, -0.2) is 28.2 Å². The highest BCUT2D eigenvalue weighted by atomic mass is 32.1. The largest absolute Gasteiger partial charge is 0.326 e. The zero-order chi connectivity index (χ0) is 22.4. The number of benzene rings is 2. The monoisotopic (exact) mass is 445 g/mol. The molecule has 3 amide bonds. The van der Waals surface area contributed by atoms with Crippen molar-refractivity contribution in [3.8, 4) is 10.6 Å². The van der Waals surface area contributed by atoms with Crippen LogP contribution >= 0.6 is 11.3 Å². The van der Waals surface area contributed by atoms with Crippen LogP contribution in [0.4, 0.5) is 24.4 Å². The summed E-state index contributed by atoms with van der Waals surface area (Å²) in [6.07, 6.45) is 0.634. The molecule has 0 spiro atoms. The van der Waals surface area contributed by atoms with E-state index in [9.17, 15) is 18.4 Å². The molecule has 3 N–H and O–H groups in total. The Morgan fingerprint density at radius 3 is 2.45 bits per heavy atom. The first-order chi connectivity index (χ1) is 14.9. The Balaban J connectivity index is 1.67. The highest BCUT2D eigenvalue weighted by Crippen LogP contribution is 2.26. The zero-order valence-electron chi connectivity index (χ0n) is 16.9. The van der Waals surface area contributed by atoms with Crippen molar-refractivity contribution < 1.29 is 18.4 Å². The average molecular weight is 445 g/mol. The predicted octanol–water partition coefficient (Wildman–Crippen LogP) is 4.66. The summed E-state index contributed by atoms with van der Waals surface area (Å²) >= 11 is 1.13. The van der Waals surface area contributed by atoms with Gasteiger partial charge in [-0.25, -0.2) is 13.6 Å². The van der Waals surface area contributed by atoms with Crippen LogP contribution in [0.25, 0.3) is 10.6 Å². The SMILES string of the molecule is CCC(C)C(NC(=O)Nc1cccc(F)c1)C(=O)Nc1nnc(-c2ccc(F)cc2)s1. The first-order valence-corrected chi connectivity index (χ1v) is 10.4. The number of urea groups is 1. The van der Waals surface area contributed by atoms with Gasteiger partial charge in [0.1, 0.15) is 22.7 Å². The lowest BCUT2D eigenvalue weighted by Crippen LogP contribution is -2.49. The third-order valence-electron chi connectivity index (χ3n) is 4.61. The number of carbonyl (C=O) groups excluding carboxylic acids is 2. The molecule has 1 heterocycles. The van der Waals surface area contributed by atoms with E-state index >= 15 is 0 Å². The third-order valence-corrected chi connectivity index (χ3v) is 5.50. The van der Waals surface area contributed by atoms with Gasteiger partial charge in [0.15, 0.2) is 0 Å². The van der Waals surface area contributed by atoms with Gasteiger partial charge in [-0.05, 0) is 48.4 Å². The fraction of sp³-hybridized carbons (Fsp3) is 0.238. The van der Waals surface area contributed by atoms with Crippen LogP contribution in [-0.2, 0) is 4.79 Å². The number of carbonyl (C=O) groups is 2. The summed E-state index contributed by atoms with van der Waals surface area (Å²) < 4.78 is 26.4. The molecule has 3 aromatic rings. The maximum Gasteiger partial charge on any atom is 0.319 e. The number of hydrogen-bond acceptors (Lipinski definition) is 5. The molecule has 0 fully saturated rings. The van der Waals surface area contributed by atoms with Gasteiger partial charge in [-0.3, -0.25) is 10.1 Å². The number of anilines is 2. The molecule has 0 saturated carbocycles. The summed E-state index contributed by atoms with van der Waals surface area (Å²) in [5.74, 6) is -1.48. The van der Waals surface area contributed by atoms with Crippen molar-refractivity contribution >= 4 is 34.1 Å². The Morgan fingerprint density at radius 2 is 1.77 bits per heavy atom. The molecular weight excluding hydrogens is 424 g/mol. The minimum atomic E-state index is -0.850. The maximum atomic E-state index is 13.3. The van der Waals surface area contributed by atoms with Crippen LogP contribution < -0.4 is 16.0 Å². The lowest BCUT2D eigenvalue weighted by atomic mass is 9.98. The quantitative estimate of drug-likeness (QED) is 0.493. The standard InChI is InChI=1S/C21H21F2N5O2S/c1-3-12(2)17(25-20(30)24-16-6-4-5-15(23)11-16)18(29)26-21-28-27-19(31-21)13-7-9-14(22)10-8-13/h4-12,17H,3H2,1-2H3,(H2,24,25,30)(H,26,28,29). The van der Waals surface area contributed by atoms with Crippen molar-refractivity contribution in [2.24, 2.45) is 5.92 Å². The zero-order valence-corrected chi connectivity index (χ0v) is 17.7. The normalized spacial score (nSPS) is 12.6. The highest BCUT2D eigenvalue weighted by Gasteiger charge is 2.27. The van der Waals surface area contributed by atoms with Crippen LogP contribution in [0.5, 0.6) is 0 Å². The molecule has 2 unspecified atom stereocenters. The van der Waals surface area contributed by atoms with E-state index < -0.39 is 23.8 Å². The number of rotatable bonds is 7. The van der Waals surface area contributed by atoms with Crippen LogP contribution in [0, 0.1) is 17.6 Å². The smallest absolute Gasteiger partial charge is 0.319 e. The van der Waals surface area contributed by atoms with Crippen LogP contribution in [0.1, 0.15) is 20.3 Å². The molecular formula is C21H21F2N5O2S. The highest BCUT2D eigenvalue weighted by molar-refractivity contribution is 7.18. The second-order valence-corrected chi connectivity index (χ2v) is 7.86. The molecule has 31 heavy (non-hydrogen) atoms. The van der Waals surface area contributed by atoms with Gasteiger partial charge < -0.3 is 10.6 Å². The molecule has 0 aliphatic rings. The molecule has 0 bridgehead atoms. The number of hydrogen-bond donors (Lipinski definition) is 3. The number of amides is 3. The predicted molar refractivity (Wildman–Crippen MR) is 116 cm³/mol. The summed E-state index contributed by atoms with van der Waals surface area (Å²) in [7, 11) is 0. The molecule has 162 valence electrons. The molecule has 0 aliphatic heterocycles. The Labute approximate surface area is 181 Å². The fourth-order valence-corrected chi connectivity index (χ4v) is 3.49. The molecule has 0 aliphatic carbocycles. The van der Waals surface area contributed by atoms with Crippen molar-refractivity contribution in [2.45, 2.75) is 26.3 Å². The lowest BCUT2D eigenvalue weighted by molar-refractivity contribution is -0.119. The van der Waals surface area contributed by atoms with E-state index in [1.54, 1.807) is 18.2 Å². The van der Waals surface area contributed by atoms with E-state index in [1.165, 1.54) is 30.3 Å². The van der Waals surface area contributed by atoms with Crippen molar-refractivity contribution in [3.63, 3.8) is 0 Å². The molecule has 0 radical (unpaired) electrons. The lowest BCUT2D eigenvalue weighted by Gasteiger charge is -2.23. The summed E-state index contributed by atoms with van der Waals surface area (Å²) in [6.45, 7) is 3.73. The van der Waals surface area contributed by atoms with Crippen molar-refractivity contribution in [1.82, 2.24) is 15.5 Å². The second-order valence-electron chi connectivity index (χ2n) is 6.88. The molecule has 2 atom stereocenters. The topological polar surface area (TPSA) is 96.0 Å². The van der Waals surface area contributed by atoms with Gasteiger partial charge in [-0.15, -0.1) is 10.2 Å². The van der Waals surface area contributed by atoms with Crippen LogP contribution in [0.15, 0.2) is 48.5 Å². The minimum absolute atomic E-state index is 0.178. The fourth-order valence-electron chi connectivity index (χ4n) is 2.74. The second kappa shape index (κ2) is 10.1. The summed E-state index contributed by atoms with van der Waals surface area (Å²) in [5.41, 5.74) is 0.944. The van der Waals surface area contributed by atoms with E-state index in [0.29, 0.717) is 17.0 Å². The number of nitrogens with zero attached hydrogens (tertiary/aromatic N) is 2. The molecule has 10 heteroatoms. The maximum absolute atomic E-state index is 13.3. The summed E-state index contributed by atoms with van der Waals surface area (Å²) in [5, 5.41) is 16.6. The number of nitrogens with one attached hydrogen (secondary N) is 3. The van der Waals surface area contributed by atoms with E-state index in [2.05, 4.69) is 26.1 Å².